The number of esters is 1. The van der Waals surface area contributed by atoms with Crippen LogP contribution in [0.1, 0.15) is 39.5 Å². The first-order valence-electron chi connectivity index (χ1n) is 11.0. The molecule has 2 aromatic heterocycles. The van der Waals surface area contributed by atoms with Crippen molar-refractivity contribution in [3.05, 3.63) is 39.4 Å². The normalized spacial score (nSPS) is 17.4. The lowest BCUT2D eigenvalue weighted by Crippen LogP contribution is -2.40. The second-order valence-electron chi connectivity index (χ2n) is 8.05. The fraction of sp³-hybridized carbons (Fsp3) is 0.545. The molecule has 3 aromatic rings. The Morgan fingerprint density at radius 1 is 1.29 bits per heavy atom. The zero-order chi connectivity index (χ0) is 22.0. The van der Waals surface area contributed by atoms with Crippen LogP contribution in [0.3, 0.4) is 0 Å². The van der Waals surface area contributed by atoms with Crippen LogP contribution in [0.4, 0.5) is 0 Å². The summed E-state index contributed by atoms with van der Waals surface area (Å²) in [7, 11) is 0. The third kappa shape index (κ3) is 4.16. The van der Waals surface area contributed by atoms with Gasteiger partial charge in [0.25, 0.3) is 5.56 Å². The van der Waals surface area contributed by atoms with Gasteiger partial charge >= 0.3 is 5.97 Å². The molecular weight excluding hydrogens is 414 g/mol. The average molecular weight is 444 g/mol. The molecule has 166 valence electrons. The van der Waals surface area contributed by atoms with Crippen LogP contribution in [0.15, 0.2) is 29.1 Å². The highest BCUT2D eigenvalue weighted by Crippen LogP contribution is 2.20. The van der Waals surface area contributed by atoms with Crippen LogP contribution in [0.25, 0.3) is 16.7 Å². The summed E-state index contributed by atoms with van der Waals surface area (Å²) in [4.78, 5) is 27.5. The number of ether oxygens (including phenoxy) is 1. The second-order valence-corrected chi connectivity index (χ2v) is 8.42. The predicted octanol–water partition coefficient (Wildman–Crippen LogP) is 3.21. The minimum Gasteiger partial charge on any atom is -0.466 e. The van der Waals surface area contributed by atoms with E-state index in [9.17, 15) is 9.59 Å². The summed E-state index contributed by atoms with van der Waals surface area (Å²) in [6.45, 7) is 6.90. The average Bonchev–Trinajstić information content (AvgIpc) is 3.10. The van der Waals surface area contributed by atoms with Crippen molar-refractivity contribution < 1.29 is 9.53 Å². The van der Waals surface area contributed by atoms with E-state index < -0.39 is 0 Å². The highest BCUT2D eigenvalue weighted by Gasteiger charge is 2.27. The Balaban J connectivity index is 1.73. The van der Waals surface area contributed by atoms with E-state index in [-0.39, 0.29) is 17.4 Å². The highest BCUT2D eigenvalue weighted by atomic mass is 32.1. The molecule has 1 unspecified atom stereocenters. The number of carbonyl (C=O) groups excluding carboxylic acids is 1. The Kier molecular flexibility index (Phi) is 6.52. The van der Waals surface area contributed by atoms with Gasteiger partial charge < -0.3 is 4.74 Å². The molecule has 1 aromatic carbocycles. The molecule has 1 fully saturated rings. The van der Waals surface area contributed by atoms with Crippen molar-refractivity contribution in [1.29, 1.82) is 0 Å². The predicted molar refractivity (Wildman–Crippen MR) is 122 cm³/mol. The molecule has 0 aliphatic carbocycles. The molecule has 1 aliphatic heterocycles. The van der Waals surface area contributed by atoms with Crippen LogP contribution in [0.2, 0.25) is 0 Å². The molecule has 0 amide bonds. The monoisotopic (exact) mass is 443 g/mol. The van der Waals surface area contributed by atoms with Crippen LogP contribution in [-0.2, 0) is 22.7 Å². The van der Waals surface area contributed by atoms with E-state index in [2.05, 4.69) is 11.8 Å². The molecule has 1 saturated heterocycles. The summed E-state index contributed by atoms with van der Waals surface area (Å²) < 4.78 is 11.2. The van der Waals surface area contributed by atoms with Crippen molar-refractivity contribution in [1.82, 2.24) is 23.6 Å². The van der Waals surface area contributed by atoms with E-state index in [1.807, 2.05) is 35.6 Å². The van der Waals surface area contributed by atoms with Crippen molar-refractivity contribution in [3.63, 3.8) is 0 Å². The van der Waals surface area contributed by atoms with E-state index >= 15 is 0 Å². The molecule has 1 atom stereocenters. The third-order valence-corrected chi connectivity index (χ3v) is 6.27. The van der Waals surface area contributed by atoms with E-state index in [4.69, 9.17) is 22.1 Å². The molecule has 1 aliphatic rings. The standard InChI is InChI=1S/C22H29N5O3S/c1-3-5-13-25-19(28)17-10-6-7-11-18(17)27-21(25)23-26(22(27)31)15-24-12-8-9-16(14-24)20(29)30-4-2/h6-7,10-11,16H,3-5,8-9,12-15H2,1-2H3. The van der Waals surface area contributed by atoms with Crippen molar-refractivity contribution in [2.75, 3.05) is 19.7 Å². The molecule has 0 saturated carbocycles. The van der Waals surface area contributed by atoms with Gasteiger partial charge in [-0.15, -0.1) is 5.10 Å². The Hall–Kier alpha value is -2.52. The Morgan fingerprint density at radius 2 is 2.10 bits per heavy atom. The van der Waals surface area contributed by atoms with Gasteiger partial charge in [-0.25, -0.2) is 4.68 Å². The number of unbranched alkanes of at least 4 members (excludes halogenated alkanes) is 1. The van der Waals surface area contributed by atoms with Crippen LogP contribution >= 0.6 is 12.2 Å². The van der Waals surface area contributed by atoms with Gasteiger partial charge in [0, 0.05) is 13.1 Å². The number of piperidine rings is 1. The fourth-order valence-corrected chi connectivity index (χ4v) is 4.58. The molecule has 8 nitrogen and oxygen atoms in total. The molecule has 9 heteroatoms. The van der Waals surface area contributed by atoms with Gasteiger partial charge in [0.15, 0.2) is 0 Å². The first-order chi connectivity index (χ1) is 15.0. The summed E-state index contributed by atoms with van der Waals surface area (Å²) in [5, 5.41) is 5.40. The first kappa shape index (κ1) is 21.7. The summed E-state index contributed by atoms with van der Waals surface area (Å²) in [6, 6.07) is 7.53. The van der Waals surface area contributed by atoms with Crippen molar-refractivity contribution in [2.45, 2.75) is 52.7 Å². The zero-order valence-electron chi connectivity index (χ0n) is 18.1. The summed E-state index contributed by atoms with van der Waals surface area (Å²) in [5.74, 6) is 0.315. The fourth-order valence-electron chi connectivity index (χ4n) is 4.30. The van der Waals surface area contributed by atoms with Crippen LogP contribution < -0.4 is 5.56 Å². The number of aromatic nitrogens is 4. The molecule has 0 N–H and O–H groups in total. The first-order valence-corrected chi connectivity index (χ1v) is 11.5. The summed E-state index contributed by atoms with van der Waals surface area (Å²) in [5.41, 5.74) is 0.735. The third-order valence-electron chi connectivity index (χ3n) is 5.88. The maximum Gasteiger partial charge on any atom is 0.310 e. The number of benzene rings is 1. The van der Waals surface area contributed by atoms with Gasteiger partial charge in [-0.05, 0) is 57.1 Å². The van der Waals surface area contributed by atoms with Gasteiger partial charge in [0.2, 0.25) is 10.5 Å². The number of hydrogen-bond acceptors (Lipinski definition) is 6. The molecule has 0 spiro atoms. The maximum absolute atomic E-state index is 13.1. The lowest BCUT2D eigenvalue weighted by Gasteiger charge is -2.30. The number of likely N-dealkylation sites (tertiary alicyclic amines) is 1. The molecule has 0 radical (unpaired) electrons. The minimum atomic E-state index is -0.134. The number of rotatable bonds is 7. The van der Waals surface area contributed by atoms with Gasteiger partial charge in [-0.2, -0.15) is 0 Å². The number of fused-ring (bicyclic) bond motifs is 3. The Morgan fingerprint density at radius 3 is 2.87 bits per heavy atom. The quantitative estimate of drug-likeness (QED) is 0.412. The lowest BCUT2D eigenvalue weighted by atomic mass is 9.99. The largest absolute Gasteiger partial charge is 0.466 e. The summed E-state index contributed by atoms with van der Waals surface area (Å²) in [6.07, 6.45) is 3.64. The molecule has 0 bridgehead atoms. The lowest BCUT2D eigenvalue weighted by molar-refractivity contribution is -0.150. The maximum atomic E-state index is 13.1. The SMILES string of the molecule is CCCCn1c(=O)c2ccccc2n2c(=S)n(CN3CCCC(C(=O)OCC)C3)nc12. The molecule has 4 rings (SSSR count). The highest BCUT2D eigenvalue weighted by molar-refractivity contribution is 7.71. The number of aryl methyl sites for hydroxylation is 1. The van der Waals surface area contributed by atoms with Gasteiger partial charge in [0.05, 0.1) is 30.1 Å². The van der Waals surface area contributed by atoms with E-state index in [0.717, 1.165) is 37.7 Å². The van der Waals surface area contributed by atoms with Crippen LogP contribution in [0.5, 0.6) is 0 Å². The van der Waals surface area contributed by atoms with Gasteiger partial charge in [0.1, 0.15) is 0 Å². The molecule has 3 heterocycles. The van der Waals surface area contributed by atoms with E-state index in [1.165, 1.54) is 0 Å². The second kappa shape index (κ2) is 9.32. The number of para-hydroxylation sites is 1. The van der Waals surface area contributed by atoms with E-state index in [0.29, 0.717) is 42.3 Å². The van der Waals surface area contributed by atoms with Crippen molar-refractivity contribution >= 4 is 34.9 Å². The number of nitrogens with zero attached hydrogens (tertiary/aromatic N) is 5. The van der Waals surface area contributed by atoms with Crippen LogP contribution in [0, 0.1) is 10.7 Å². The smallest absolute Gasteiger partial charge is 0.310 e. The van der Waals surface area contributed by atoms with E-state index in [1.54, 1.807) is 9.25 Å². The summed E-state index contributed by atoms with van der Waals surface area (Å²) >= 11 is 5.79. The molecule has 31 heavy (non-hydrogen) atoms. The van der Waals surface area contributed by atoms with Gasteiger partial charge in [-0.3, -0.25) is 23.5 Å². The Bertz CT molecular complexity index is 1210. The van der Waals surface area contributed by atoms with Crippen molar-refractivity contribution in [3.8, 4) is 0 Å². The Labute approximate surface area is 186 Å². The number of hydrogen-bond donors (Lipinski definition) is 0. The number of carbonyl (C=O) groups is 1. The minimum absolute atomic E-state index is 0.0379. The molecular formula is C22H29N5O3S. The van der Waals surface area contributed by atoms with Gasteiger partial charge in [-0.1, -0.05) is 25.5 Å². The topological polar surface area (TPSA) is 73.8 Å². The van der Waals surface area contributed by atoms with Crippen molar-refractivity contribution in [2.24, 2.45) is 5.92 Å². The zero-order valence-corrected chi connectivity index (χ0v) is 18.9. The van der Waals surface area contributed by atoms with Crippen LogP contribution in [-0.4, -0.2) is 49.3 Å².